The molecule has 0 unspecified atom stereocenters. The minimum absolute atomic E-state index is 0.125. The van der Waals surface area contributed by atoms with Gasteiger partial charge in [0.05, 0.1) is 7.11 Å². The van der Waals surface area contributed by atoms with Crippen LogP contribution in [0.2, 0.25) is 0 Å². The molecule has 1 N–H and O–H groups in total. The maximum atomic E-state index is 8.84. The van der Waals surface area contributed by atoms with Crippen LogP contribution in [0, 0.1) is 11.8 Å². The number of aliphatic hydroxyl groups is 1. The van der Waals surface area contributed by atoms with E-state index in [2.05, 4.69) is 22.8 Å². The number of methoxy groups -OCH3 is 1. The van der Waals surface area contributed by atoms with Gasteiger partial charge in [0.15, 0.2) is 0 Å². The molecule has 2 rings (SSSR count). The van der Waals surface area contributed by atoms with Crippen molar-refractivity contribution in [3.8, 4) is 17.6 Å². The minimum atomic E-state index is -0.125. The molecule has 0 saturated heterocycles. The van der Waals surface area contributed by atoms with E-state index < -0.39 is 0 Å². The highest BCUT2D eigenvalue weighted by atomic mass is 16.5. The van der Waals surface area contributed by atoms with Gasteiger partial charge in [0.2, 0.25) is 0 Å². The number of benzene rings is 2. The number of hydrogen-bond acceptors (Lipinski definition) is 3. The molecule has 21 heavy (non-hydrogen) atoms. The first kappa shape index (κ1) is 15.0. The average Bonchev–Trinajstić information content (AvgIpc) is 2.54. The number of aliphatic hydroxyl groups excluding tert-OH is 1. The van der Waals surface area contributed by atoms with Gasteiger partial charge in [-0.1, -0.05) is 36.1 Å². The van der Waals surface area contributed by atoms with Crippen molar-refractivity contribution in [3.05, 3.63) is 59.7 Å². The Morgan fingerprint density at radius 3 is 2.71 bits per heavy atom. The molecular weight excluding hydrogens is 262 g/mol. The summed E-state index contributed by atoms with van der Waals surface area (Å²) in [6, 6.07) is 15.9. The summed E-state index contributed by atoms with van der Waals surface area (Å²) < 4.78 is 5.26. The summed E-state index contributed by atoms with van der Waals surface area (Å²) >= 11 is 0. The van der Waals surface area contributed by atoms with Crippen LogP contribution in [-0.4, -0.2) is 25.9 Å². The van der Waals surface area contributed by atoms with Gasteiger partial charge in [0.25, 0.3) is 0 Å². The minimum Gasteiger partial charge on any atom is -0.497 e. The van der Waals surface area contributed by atoms with E-state index in [0.717, 1.165) is 29.1 Å². The molecular formula is C18H19NO2. The third kappa shape index (κ3) is 4.01. The molecule has 108 valence electrons. The molecule has 2 aromatic carbocycles. The fourth-order valence-corrected chi connectivity index (χ4v) is 2.11. The molecule has 0 aromatic heterocycles. The molecule has 0 fully saturated rings. The Balaban J connectivity index is 2.21. The molecule has 0 spiro atoms. The van der Waals surface area contributed by atoms with Crippen LogP contribution in [-0.2, 0) is 6.54 Å². The monoisotopic (exact) mass is 281 g/mol. The Morgan fingerprint density at radius 1 is 1.14 bits per heavy atom. The van der Waals surface area contributed by atoms with Crippen molar-refractivity contribution in [2.75, 3.05) is 25.7 Å². The molecule has 3 nitrogen and oxygen atoms in total. The van der Waals surface area contributed by atoms with Crippen molar-refractivity contribution in [1.82, 2.24) is 0 Å². The summed E-state index contributed by atoms with van der Waals surface area (Å²) in [5, 5.41) is 8.84. The maximum absolute atomic E-state index is 8.84. The molecule has 0 aliphatic carbocycles. The second-order valence-electron chi connectivity index (χ2n) is 4.67. The smallest absolute Gasteiger partial charge is 0.120 e. The van der Waals surface area contributed by atoms with Crippen LogP contribution < -0.4 is 9.64 Å². The Morgan fingerprint density at radius 2 is 1.95 bits per heavy atom. The highest BCUT2D eigenvalue weighted by molar-refractivity contribution is 5.52. The number of rotatable bonds is 4. The van der Waals surface area contributed by atoms with Crippen molar-refractivity contribution in [1.29, 1.82) is 0 Å². The highest BCUT2D eigenvalue weighted by Crippen LogP contribution is 2.22. The summed E-state index contributed by atoms with van der Waals surface area (Å²) in [6.07, 6.45) is 0. The first-order chi connectivity index (χ1) is 10.2. The molecule has 2 aromatic rings. The van der Waals surface area contributed by atoms with Crippen LogP contribution in [0.15, 0.2) is 48.5 Å². The van der Waals surface area contributed by atoms with Gasteiger partial charge in [0, 0.05) is 30.9 Å². The second-order valence-corrected chi connectivity index (χ2v) is 4.67. The third-order valence-corrected chi connectivity index (χ3v) is 3.22. The van der Waals surface area contributed by atoms with E-state index in [0.29, 0.717) is 0 Å². The van der Waals surface area contributed by atoms with Gasteiger partial charge in [-0.3, -0.25) is 0 Å². The van der Waals surface area contributed by atoms with E-state index in [9.17, 15) is 0 Å². The number of ether oxygens (including phenoxy) is 1. The van der Waals surface area contributed by atoms with Gasteiger partial charge in [-0.15, -0.1) is 0 Å². The Labute approximate surface area is 125 Å². The normalized spacial score (nSPS) is 9.67. The Hall–Kier alpha value is -2.44. The van der Waals surface area contributed by atoms with Crippen LogP contribution in [0.3, 0.4) is 0 Å². The number of anilines is 1. The zero-order valence-corrected chi connectivity index (χ0v) is 12.3. The van der Waals surface area contributed by atoms with Gasteiger partial charge in [0.1, 0.15) is 12.4 Å². The summed E-state index contributed by atoms with van der Waals surface area (Å²) in [6.45, 7) is 0.615. The van der Waals surface area contributed by atoms with E-state index in [4.69, 9.17) is 9.84 Å². The van der Waals surface area contributed by atoms with Crippen molar-refractivity contribution in [2.24, 2.45) is 0 Å². The molecule has 0 heterocycles. The van der Waals surface area contributed by atoms with E-state index in [1.165, 1.54) is 0 Å². The van der Waals surface area contributed by atoms with Gasteiger partial charge < -0.3 is 14.7 Å². The zero-order chi connectivity index (χ0) is 15.1. The van der Waals surface area contributed by atoms with Gasteiger partial charge >= 0.3 is 0 Å². The molecule has 0 bridgehead atoms. The van der Waals surface area contributed by atoms with Crippen molar-refractivity contribution in [2.45, 2.75) is 6.54 Å². The number of hydrogen-bond donors (Lipinski definition) is 1. The van der Waals surface area contributed by atoms with Crippen LogP contribution in [0.5, 0.6) is 5.75 Å². The van der Waals surface area contributed by atoms with Crippen LogP contribution in [0.25, 0.3) is 0 Å². The third-order valence-electron chi connectivity index (χ3n) is 3.22. The zero-order valence-electron chi connectivity index (χ0n) is 12.3. The van der Waals surface area contributed by atoms with Crippen LogP contribution in [0.4, 0.5) is 5.69 Å². The van der Waals surface area contributed by atoms with Crippen LogP contribution in [0.1, 0.15) is 11.1 Å². The van der Waals surface area contributed by atoms with E-state index in [1.54, 1.807) is 7.11 Å². The van der Waals surface area contributed by atoms with Crippen molar-refractivity contribution in [3.63, 3.8) is 0 Å². The van der Waals surface area contributed by atoms with Gasteiger partial charge in [-0.25, -0.2) is 0 Å². The van der Waals surface area contributed by atoms with Crippen LogP contribution >= 0.6 is 0 Å². The molecule has 0 atom stereocenters. The summed E-state index contributed by atoms with van der Waals surface area (Å²) in [4.78, 5) is 2.14. The summed E-state index contributed by atoms with van der Waals surface area (Å²) in [5.74, 6) is 6.53. The first-order valence-electron chi connectivity index (χ1n) is 6.77. The average molecular weight is 281 g/mol. The predicted octanol–water partition coefficient (Wildman–Crippen LogP) is 2.68. The largest absolute Gasteiger partial charge is 0.497 e. The second kappa shape index (κ2) is 7.37. The van der Waals surface area contributed by atoms with Gasteiger partial charge in [-0.05, 0) is 23.8 Å². The Kier molecular flexibility index (Phi) is 5.25. The van der Waals surface area contributed by atoms with E-state index in [1.807, 2.05) is 49.5 Å². The maximum Gasteiger partial charge on any atom is 0.120 e. The van der Waals surface area contributed by atoms with Crippen molar-refractivity contribution >= 4 is 5.69 Å². The lowest BCUT2D eigenvalue weighted by Crippen LogP contribution is -2.17. The Bertz CT molecular complexity index is 656. The molecule has 0 saturated carbocycles. The molecule has 0 aliphatic heterocycles. The summed E-state index contributed by atoms with van der Waals surface area (Å²) in [5.41, 5.74) is 3.16. The molecule has 0 amide bonds. The summed E-state index contributed by atoms with van der Waals surface area (Å²) in [7, 11) is 3.70. The fraction of sp³-hybridized carbons (Fsp3) is 0.222. The number of nitrogens with zero attached hydrogens (tertiary/aromatic N) is 1. The fourth-order valence-electron chi connectivity index (χ4n) is 2.11. The predicted molar refractivity (Wildman–Crippen MR) is 85.5 cm³/mol. The molecule has 3 heteroatoms. The SMILES string of the molecule is COc1cccc(N(C)Cc2ccccc2C#CCO)c1. The topological polar surface area (TPSA) is 32.7 Å². The quantitative estimate of drug-likeness (QED) is 0.875. The van der Waals surface area contributed by atoms with E-state index in [-0.39, 0.29) is 6.61 Å². The van der Waals surface area contributed by atoms with Gasteiger partial charge in [-0.2, -0.15) is 0 Å². The lowest BCUT2D eigenvalue weighted by atomic mass is 10.1. The highest BCUT2D eigenvalue weighted by Gasteiger charge is 2.06. The molecule has 0 aliphatic rings. The van der Waals surface area contributed by atoms with Crippen molar-refractivity contribution < 1.29 is 9.84 Å². The lowest BCUT2D eigenvalue weighted by molar-refractivity contribution is 0.350. The lowest BCUT2D eigenvalue weighted by Gasteiger charge is -2.20. The molecule has 0 radical (unpaired) electrons. The first-order valence-corrected chi connectivity index (χ1v) is 6.77. The van der Waals surface area contributed by atoms with E-state index >= 15 is 0 Å². The standard InChI is InChI=1S/C18H19NO2/c1-19(17-10-5-11-18(13-17)21-2)14-16-8-4-3-7-15(16)9-6-12-20/h3-5,7-8,10-11,13,20H,12,14H2,1-2H3.